The lowest BCUT2D eigenvalue weighted by atomic mass is 10.2. The first-order chi connectivity index (χ1) is 12.2. The van der Waals surface area contributed by atoms with Crippen LogP contribution in [0.4, 0.5) is 5.69 Å². The summed E-state index contributed by atoms with van der Waals surface area (Å²) in [5, 5.41) is 3.90. The Morgan fingerprint density at radius 1 is 0.960 bits per heavy atom. The van der Waals surface area contributed by atoms with E-state index < -0.39 is 0 Å². The average Bonchev–Trinajstić information content (AvgIpc) is 3.06. The van der Waals surface area contributed by atoms with E-state index in [1.165, 1.54) is 10.3 Å². The normalized spacial score (nSPS) is 10.8. The number of nitrogens with one attached hydrogen (secondary N) is 1. The van der Waals surface area contributed by atoms with Crippen molar-refractivity contribution in [3.05, 3.63) is 83.9 Å². The van der Waals surface area contributed by atoms with E-state index in [9.17, 15) is 4.79 Å². The molecule has 0 radical (unpaired) electrons. The van der Waals surface area contributed by atoms with Crippen LogP contribution in [0.15, 0.2) is 72.8 Å². The van der Waals surface area contributed by atoms with Crippen molar-refractivity contribution in [1.82, 2.24) is 4.98 Å². The Kier molecular flexibility index (Phi) is 4.04. The predicted molar refractivity (Wildman–Crippen MR) is 104 cm³/mol. The van der Waals surface area contributed by atoms with Crippen LogP contribution in [0.3, 0.4) is 0 Å². The lowest BCUT2D eigenvalue weighted by Gasteiger charge is -2.05. The fraction of sp³-hybridized carbons (Fsp3) is 0.0476. The Hall–Kier alpha value is -2.98. The van der Waals surface area contributed by atoms with Gasteiger partial charge in [-0.15, -0.1) is 11.3 Å². The molecule has 0 fully saturated rings. The van der Waals surface area contributed by atoms with Crippen LogP contribution in [0.25, 0.3) is 20.8 Å². The van der Waals surface area contributed by atoms with Gasteiger partial charge in [0.1, 0.15) is 5.01 Å². The second-order valence-corrected chi connectivity index (χ2v) is 6.92. The van der Waals surface area contributed by atoms with Gasteiger partial charge in [-0.3, -0.25) is 4.79 Å². The number of aryl methyl sites for hydroxylation is 1. The number of carbonyl (C=O) groups excluding carboxylic acids is 1. The second kappa shape index (κ2) is 6.49. The third-order valence-electron chi connectivity index (χ3n) is 3.97. The second-order valence-electron chi connectivity index (χ2n) is 5.89. The molecule has 1 aromatic heterocycles. The van der Waals surface area contributed by atoms with Gasteiger partial charge < -0.3 is 5.32 Å². The number of hydrogen-bond acceptors (Lipinski definition) is 3. The Morgan fingerprint density at radius 3 is 2.48 bits per heavy atom. The van der Waals surface area contributed by atoms with Crippen molar-refractivity contribution in [1.29, 1.82) is 0 Å². The number of carbonyl (C=O) groups is 1. The quantitative estimate of drug-likeness (QED) is 0.531. The number of fused-ring (bicyclic) bond motifs is 1. The number of thiazole rings is 1. The van der Waals surface area contributed by atoms with E-state index in [1.807, 2.05) is 42.5 Å². The molecule has 122 valence electrons. The highest BCUT2D eigenvalue weighted by Crippen LogP contribution is 2.31. The maximum absolute atomic E-state index is 12.2. The predicted octanol–water partition coefficient (Wildman–Crippen LogP) is 5.52. The van der Waals surface area contributed by atoms with Gasteiger partial charge in [-0.1, -0.05) is 24.3 Å². The smallest absolute Gasteiger partial charge is 0.255 e. The molecule has 0 saturated carbocycles. The number of hydrogen-bond donors (Lipinski definition) is 1. The Balaban J connectivity index is 1.56. The summed E-state index contributed by atoms with van der Waals surface area (Å²) in [7, 11) is 0. The van der Waals surface area contributed by atoms with Crippen molar-refractivity contribution >= 4 is 33.1 Å². The molecule has 0 bridgehead atoms. The van der Waals surface area contributed by atoms with Crippen LogP contribution >= 0.6 is 11.3 Å². The van der Waals surface area contributed by atoms with Gasteiger partial charge in [0, 0.05) is 16.8 Å². The summed E-state index contributed by atoms with van der Waals surface area (Å²) in [5.74, 6) is -0.108. The maximum atomic E-state index is 12.2. The molecule has 0 saturated heterocycles. The summed E-state index contributed by atoms with van der Waals surface area (Å²) in [5.41, 5.74) is 4.71. The van der Waals surface area contributed by atoms with Crippen molar-refractivity contribution in [3.63, 3.8) is 0 Å². The molecule has 0 unspecified atom stereocenters. The van der Waals surface area contributed by atoms with Gasteiger partial charge in [0.25, 0.3) is 5.91 Å². The number of aromatic nitrogens is 1. The lowest BCUT2D eigenvalue weighted by molar-refractivity contribution is 0.102. The molecule has 1 amide bonds. The van der Waals surface area contributed by atoms with Crippen molar-refractivity contribution in [2.75, 3.05) is 5.32 Å². The molecular weight excluding hydrogens is 328 g/mol. The third-order valence-corrected chi connectivity index (χ3v) is 5.05. The minimum Gasteiger partial charge on any atom is -0.322 e. The number of amides is 1. The molecule has 3 aromatic carbocycles. The largest absolute Gasteiger partial charge is 0.322 e. The highest BCUT2D eigenvalue weighted by Gasteiger charge is 2.08. The molecule has 0 aliphatic rings. The molecule has 0 aliphatic heterocycles. The first kappa shape index (κ1) is 15.5. The van der Waals surface area contributed by atoms with Gasteiger partial charge in [-0.2, -0.15) is 0 Å². The summed E-state index contributed by atoms with van der Waals surface area (Å²) in [6, 6.07) is 23.3. The van der Waals surface area contributed by atoms with Gasteiger partial charge in [0.05, 0.1) is 10.2 Å². The molecule has 3 nitrogen and oxygen atoms in total. The molecule has 25 heavy (non-hydrogen) atoms. The average molecular weight is 344 g/mol. The van der Waals surface area contributed by atoms with Crippen LogP contribution in [0.5, 0.6) is 0 Å². The van der Waals surface area contributed by atoms with Gasteiger partial charge in [0.2, 0.25) is 0 Å². The van der Waals surface area contributed by atoms with Crippen LogP contribution in [0.1, 0.15) is 15.9 Å². The number of benzene rings is 3. The van der Waals surface area contributed by atoms with E-state index in [0.29, 0.717) is 5.56 Å². The first-order valence-corrected chi connectivity index (χ1v) is 8.85. The van der Waals surface area contributed by atoms with E-state index >= 15 is 0 Å². The van der Waals surface area contributed by atoms with Crippen LogP contribution in [-0.4, -0.2) is 10.9 Å². The van der Waals surface area contributed by atoms with Crippen LogP contribution in [0, 0.1) is 6.92 Å². The molecular formula is C21H16N2OS. The van der Waals surface area contributed by atoms with Gasteiger partial charge in [-0.25, -0.2) is 4.98 Å². The van der Waals surface area contributed by atoms with Crippen molar-refractivity contribution in [2.45, 2.75) is 6.92 Å². The summed E-state index contributed by atoms with van der Waals surface area (Å²) in [6.45, 7) is 2.07. The van der Waals surface area contributed by atoms with E-state index in [1.54, 1.807) is 23.5 Å². The lowest BCUT2D eigenvalue weighted by Crippen LogP contribution is -2.11. The van der Waals surface area contributed by atoms with E-state index in [2.05, 4.69) is 30.4 Å². The molecule has 0 spiro atoms. The highest BCUT2D eigenvalue weighted by atomic mass is 32.1. The van der Waals surface area contributed by atoms with Gasteiger partial charge in [0.15, 0.2) is 0 Å². The zero-order chi connectivity index (χ0) is 17.2. The molecule has 1 heterocycles. The Bertz CT molecular complexity index is 1040. The third kappa shape index (κ3) is 3.30. The van der Waals surface area contributed by atoms with Gasteiger partial charge >= 0.3 is 0 Å². The van der Waals surface area contributed by atoms with Crippen molar-refractivity contribution in [3.8, 4) is 10.6 Å². The zero-order valence-electron chi connectivity index (χ0n) is 13.7. The van der Waals surface area contributed by atoms with E-state index in [0.717, 1.165) is 21.8 Å². The summed E-state index contributed by atoms with van der Waals surface area (Å²) < 4.78 is 1.18. The fourth-order valence-corrected chi connectivity index (χ4v) is 3.60. The number of rotatable bonds is 3. The summed E-state index contributed by atoms with van der Waals surface area (Å²) >= 11 is 1.68. The van der Waals surface area contributed by atoms with Gasteiger partial charge in [-0.05, 0) is 61.0 Å². The van der Waals surface area contributed by atoms with E-state index in [4.69, 9.17) is 4.98 Å². The molecule has 4 rings (SSSR count). The fourth-order valence-electron chi connectivity index (χ4n) is 2.65. The van der Waals surface area contributed by atoms with Crippen molar-refractivity contribution in [2.24, 2.45) is 0 Å². The molecule has 4 heteroatoms. The molecule has 0 atom stereocenters. The summed E-state index contributed by atoms with van der Waals surface area (Å²) in [4.78, 5) is 16.9. The summed E-state index contributed by atoms with van der Waals surface area (Å²) in [6.07, 6.45) is 0. The maximum Gasteiger partial charge on any atom is 0.255 e. The number of anilines is 1. The molecule has 1 N–H and O–H groups in total. The first-order valence-electron chi connectivity index (χ1n) is 8.03. The minimum atomic E-state index is -0.108. The van der Waals surface area contributed by atoms with Crippen molar-refractivity contribution < 1.29 is 4.79 Å². The molecule has 0 aliphatic carbocycles. The van der Waals surface area contributed by atoms with Crippen LogP contribution in [0.2, 0.25) is 0 Å². The molecule has 4 aromatic rings. The van der Waals surface area contributed by atoms with Crippen LogP contribution < -0.4 is 5.32 Å². The highest BCUT2D eigenvalue weighted by molar-refractivity contribution is 7.21. The zero-order valence-corrected chi connectivity index (χ0v) is 14.5. The monoisotopic (exact) mass is 344 g/mol. The standard InChI is InChI=1S/C21H16N2OS/c1-14-7-12-19-18(13-14)23-21(25-19)16-8-10-17(11-9-16)22-20(24)15-5-3-2-4-6-15/h2-13H,1H3,(H,22,24). The number of nitrogens with zero attached hydrogens (tertiary/aromatic N) is 1. The topological polar surface area (TPSA) is 42.0 Å². The van der Waals surface area contributed by atoms with Crippen LogP contribution in [-0.2, 0) is 0 Å². The SMILES string of the molecule is Cc1ccc2sc(-c3ccc(NC(=O)c4ccccc4)cc3)nc2c1. The van der Waals surface area contributed by atoms with E-state index in [-0.39, 0.29) is 5.91 Å². The minimum absolute atomic E-state index is 0.108. The Morgan fingerprint density at radius 2 is 1.72 bits per heavy atom. The Labute approximate surface area is 150 Å².